The van der Waals surface area contributed by atoms with Crippen molar-refractivity contribution < 1.29 is 9.53 Å². The van der Waals surface area contributed by atoms with Crippen molar-refractivity contribution in [1.29, 1.82) is 0 Å². The fourth-order valence-corrected chi connectivity index (χ4v) is 2.34. The SMILES string of the molecule is COc1ccc(C(=O)Nc2cccnc2Cl)c2cccnc12. The number of carbonyl (C=O) groups excluding carboxylic acids is 1. The number of carbonyl (C=O) groups is 1. The van der Waals surface area contributed by atoms with Crippen molar-refractivity contribution in [2.75, 3.05) is 12.4 Å². The maximum atomic E-state index is 12.5. The van der Waals surface area contributed by atoms with E-state index in [2.05, 4.69) is 15.3 Å². The summed E-state index contributed by atoms with van der Waals surface area (Å²) in [4.78, 5) is 20.7. The summed E-state index contributed by atoms with van der Waals surface area (Å²) >= 11 is 5.96. The summed E-state index contributed by atoms with van der Waals surface area (Å²) in [5.41, 5.74) is 1.58. The van der Waals surface area contributed by atoms with Gasteiger partial charge in [-0.05, 0) is 30.3 Å². The molecule has 2 heterocycles. The second-order valence-corrected chi connectivity index (χ2v) is 4.87. The normalized spacial score (nSPS) is 10.5. The number of fused-ring (bicyclic) bond motifs is 1. The number of nitrogens with one attached hydrogen (secondary N) is 1. The molecule has 1 N–H and O–H groups in total. The van der Waals surface area contributed by atoms with Crippen LogP contribution in [0.1, 0.15) is 10.4 Å². The summed E-state index contributed by atoms with van der Waals surface area (Å²) < 4.78 is 5.27. The fourth-order valence-electron chi connectivity index (χ4n) is 2.18. The van der Waals surface area contributed by atoms with E-state index >= 15 is 0 Å². The predicted octanol–water partition coefficient (Wildman–Crippen LogP) is 3.54. The van der Waals surface area contributed by atoms with Crippen LogP contribution in [0.25, 0.3) is 10.9 Å². The fraction of sp³-hybridized carbons (Fsp3) is 0.0625. The van der Waals surface area contributed by atoms with Crippen LogP contribution in [0.4, 0.5) is 5.69 Å². The predicted molar refractivity (Wildman–Crippen MR) is 85.5 cm³/mol. The van der Waals surface area contributed by atoms with Crippen molar-refractivity contribution in [2.24, 2.45) is 0 Å². The van der Waals surface area contributed by atoms with Gasteiger partial charge in [0.05, 0.1) is 12.8 Å². The lowest BCUT2D eigenvalue weighted by Crippen LogP contribution is -2.13. The molecule has 0 spiro atoms. The Morgan fingerprint density at radius 1 is 1.14 bits per heavy atom. The van der Waals surface area contributed by atoms with E-state index < -0.39 is 0 Å². The first-order valence-corrected chi connectivity index (χ1v) is 6.92. The zero-order chi connectivity index (χ0) is 15.5. The van der Waals surface area contributed by atoms with Gasteiger partial charge in [-0.2, -0.15) is 0 Å². The largest absolute Gasteiger partial charge is 0.494 e. The summed E-state index contributed by atoms with van der Waals surface area (Å²) in [5, 5.41) is 3.70. The molecule has 1 aromatic carbocycles. The van der Waals surface area contributed by atoms with Gasteiger partial charge >= 0.3 is 0 Å². The van der Waals surface area contributed by atoms with Crippen LogP contribution >= 0.6 is 11.6 Å². The first kappa shape index (κ1) is 14.3. The van der Waals surface area contributed by atoms with E-state index in [4.69, 9.17) is 16.3 Å². The topological polar surface area (TPSA) is 64.1 Å². The highest BCUT2D eigenvalue weighted by atomic mass is 35.5. The molecule has 22 heavy (non-hydrogen) atoms. The average Bonchev–Trinajstić information content (AvgIpc) is 2.56. The molecule has 0 aliphatic heterocycles. The summed E-state index contributed by atoms with van der Waals surface area (Å²) in [6, 6.07) is 10.4. The minimum Gasteiger partial charge on any atom is -0.494 e. The van der Waals surface area contributed by atoms with E-state index in [1.807, 2.05) is 6.07 Å². The van der Waals surface area contributed by atoms with Crippen molar-refractivity contribution in [3.63, 3.8) is 0 Å². The van der Waals surface area contributed by atoms with Crippen molar-refractivity contribution in [1.82, 2.24) is 9.97 Å². The van der Waals surface area contributed by atoms with Crippen LogP contribution in [-0.4, -0.2) is 23.0 Å². The lowest BCUT2D eigenvalue weighted by atomic mass is 10.1. The highest BCUT2D eigenvalue weighted by Crippen LogP contribution is 2.27. The molecule has 2 aromatic heterocycles. The van der Waals surface area contributed by atoms with Crippen LogP contribution in [0.5, 0.6) is 5.75 Å². The number of amides is 1. The molecule has 0 atom stereocenters. The Balaban J connectivity index is 2.03. The van der Waals surface area contributed by atoms with Gasteiger partial charge in [-0.25, -0.2) is 4.98 Å². The van der Waals surface area contributed by atoms with E-state index in [1.165, 1.54) is 0 Å². The van der Waals surface area contributed by atoms with Gasteiger partial charge in [0.1, 0.15) is 11.3 Å². The van der Waals surface area contributed by atoms with Crippen LogP contribution in [-0.2, 0) is 0 Å². The summed E-state index contributed by atoms with van der Waals surface area (Å²) in [6.45, 7) is 0. The zero-order valence-corrected chi connectivity index (χ0v) is 12.5. The molecule has 0 fully saturated rings. The van der Waals surface area contributed by atoms with Gasteiger partial charge in [0.25, 0.3) is 5.91 Å². The molecule has 0 saturated heterocycles. The molecule has 0 aliphatic carbocycles. The van der Waals surface area contributed by atoms with E-state index in [-0.39, 0.29) is 11.1 Å². The number of ether oxygens (including phenoxy) is 1. The Kier molecular flexibility index (Phi) is 3.89. The highest BCUT2D eigenvalue weighted by molar-refractivity contribution is 6.32. The van der Waals surface area contributed by atoms with Gasteiger partial charge in [-0.3, -0.25) is 9.78 Å². The average molecular weight is 314 g/mol. The smallest absolute Gasteiger partial charge is 0.256 e. The third-order valence-corrected chi connectivity index (χ3v) is 3.51. The summed E-state index contributed by atoms with van der Waals surface area (Å²) in [5.74, 6) is 0.335. The summed E-state index contributed by atoms with van der Waals surface area (Å²) in [7, 11) is 1.57. The van der Waals surface area contributed by atoms with Crippen molar-refractivity contribution in [3.8, 4) is 5.75 Å². The molecule has 6 heteroatoms. The quantitative estimate of drug-likeness (QED) is 0.751. The van der Waals surface area contributed by atoms with Gasteiger partial charge in [0.15, 0.2) is 5.15 Å². The van der Waals surface area contributed by atoms with Gasteiger partial charge in [-0.15, -0.1) is 0 Å². The first-order valence-electron chi connectivity index (χ1n) is 6.54. The molecule has 3 aromatic rings. The van der Waals surface area contributed by atoms with Crippen molar-refractivity contribution >= 4 is 34.1 Å². The number of benzene rings is 1. The number of nitrogens with zero attached hydrogens (tertiary/aromatic N) is 2. The lowest BCUT2D eigenvalue weighted by Gasteiger charge is -2.10. The third kappa shape index (κ3) is 2.58. The van der Waals surface area contributed by atoms with Crippen LogP contribution in [0.15, 0.2) is 48.8 Å². The molecule has 5 nitrogen and oxygen atoms in total. The van der Waals surface area contributed by atoms with E-state index in [0.717, 1.165) is 0 Å². The van der Waals surface area contributed by atoms with Gasteiger partial charge in [0, 0.05) is 23.3 Å². The molecular weight excluding hydrogens is 302 g/mol. The second-order valence-electron chi connectivity index (χ2n) is 4.51. The van der Waals surface area contributed by atoms with Gasteiger partial charge in [-0.1, -0.05) is 17.7 Å². The van der Waals surface area contributed by atoms with Gasteiger partial charge in [0.2, 0.25) is 0 Å². The standard InChI is InChI=1S/C16H12ClN3O2/c1-22-13-7-6-11(10-4-2-8-18-14(10)13)16(21)20-12-5-3-9-19-15(12)17/h2-9H,1H3,(H,20,21). The Bertz CT molecular complexity index is 852. The van der Waals surface area contributed by atoms with E-state index in [0.29, 0.717) is 27.9 Å². The third-order valence-electron chi connectivity index (χ3n) is 3.20. The van der Waals surface area contributed by atoms with Crippen LogP contribution in [0, 0.1) is 0 Å². The molecule has 110 valence electrons. The molecule has 0 saturated carbocycles. The zero-order valence-electron chi connectivity index (χ0n) is 11.7. The Labute approximate surface area is 131 Å². The minimum atomic E-state index is -0.282. The van der Waals surface area contributed by atoms with Crippen molar-refractivity contribution in [3.05, 3.63) is 59.5 Å². The number of anilines is 1. The Hall–Kier alpha value is -2.66. The molecular formula is C16H12ClN3O2. The van der Waals surface area contributed by atoms with Crippen molar-refractivity contribution in [2.45, 2.75) is 0 Å². The number of aromatic nitrogens is 2. The number of methoxy groups -OCH3 is 1. The van der Waals surface area contributed by atoms with E-state index in [9.17, 15) is 4.79 Å². The molecule has 0 bridgehead atoms. The number of hydrogen-bond donors (Lipinski definition) is 1. The molecule has 0 aliphatic rings. The Morgan fingerprint density at radius 3 is 2.68 bits per heavy atom. The molecule has 0 unspecified atom stereocenters. The van der Waals surface area contributed by atoms with Gasteiger partial charge < -0.3 is 10.1 Å². The number of pyridine rings is 2. The van der Waals surface area contributed by atoms with E-state index in [1.54, 1.807) is 49.8 Å². The monoisotopic (exact) mass is 313 g/mol. The first-order chi connectivity index (χ1) is 10.7. The Morgan fingerprint density at radius 2 is 1.91 bits per heavy atom. The van der Waals surface area contributed by atoms with Crippen LogP contribution < -0.4 is 10.1 Å². The number of hydrogen-bond acceptors (Lipinski definition) is 4. The maximum absolute atomic E-state index is 12.5. The molecule has 0 radical (unpaired) electrons. The number of halogens is 1. The second kappa shape index (κ2) is 5.99. The molecule has 1 amide bonds. The van der Waals surface area contributed by atoms with Crippen LogP contribution in [0.2, 0.25) is 5.15 Å². The molecule has 3 rings (SSSR count). The summed E-state index contributed by atoms with van der Waals surface area (Å²) in [6.07, 6.45) is 3.22. The maximum Gasteiger partial charge on any atom is 0.256 e. The minimum absolute atomic E-state index is 0.242. The highest BCUT2D eigenvalue weighted by Gasteiger charge is 2.14. The van der Waals surface area contributed by atoms with Crippen LogP contribution in [0.3, 0.4) is 0 Å². The number of rotatable bonds is 3. The lowest BCUT2D eigenvalue weighted by molar-refractivity contribution is 0.102.